The van der Waals surface area contributed by atoms with Crippen molar-refractivity contribution >= 4 is 0 Å². The highest BCUT2D eigenvalue weighted by molar-refractivity contribution is 5.06. The van der Waals surface area contributed by atoms with Gasteiger partial charge in [0.1, 0.15) is 0 Å². The summed E-state index contributed by atoms with van der Waals surface area (Å²) >= 11 is 0. The zero-order valence-corrected chi connectivity index (χ0v) is 4.41. The number of nitrogens with one attached hydrogen (secondary N) is 1. The van der Waals surface area contributed by atoms with Gasteiger partial charge < -0.3 is 5.32 Å². The molecule has 1 N–H and O–H groups in total. The maximum Gasteiger partial charge on any atom is 0.0295 e. The summed E-state index contributed by atoms with van der Waals surface area (Å²) < 4.78 is 0. The first-order chi connectivity index (χ1) is 3.41. The SMILES string of the molecule is [CH]1NCC12CCC2. The molecule has 2 fully saturated rings. The summed E-state index contributed by atoms with van der Waals surface area (Å²) in [6.07, 6.45) is 4.35. The van der Waals surface area contributed by atoms with Crippen molar-refractivity contribution in [2.24, 2.45) is 5.41 Å². The van der Waals surface area contributed by atoms with Gasteiger partial charge in [0, 0.05) is 13.1 Å². The van der Waals surface area contributed by atoms with E-state index in [1.807, 2.05) is 0 Å². The van der Waals surface area contributed by atoms with Crippen molar-refractivity contribution in [1.29, 1.82) is 0 Å². The molecule has 1 saturated carbocycles. The van der Waals surface area contributed by atoms with E-state index in [0.29, 0.717) is 5.41 Å². The van der Waals surface area contributed by atoms with Gasteiger partial charge in [-0.25, -0.2) is 0 Å². The summed E-state index contributed by atoms with van der Waals surface area (Å²) in [6.45, 7) is 3.52. The van der Waals surface area contributed by atoms with Crippen LogP contribution in [0.1, 0.15) is 19.3 Å². The number of rotatable bonds is 0. The number of hydrogen-bond acceptors (Lipinski definition) is 1. The van der Waals surface area contributed by atoms with Crippen LogP contribution in [0.15, 0.2) is 0 Å². The van der Waals surface area contributed by atoms with Gasteiger partial charge in [-0.05, 0) is 18.3 Å². The second-order valence-electron chi connectivity index (χ2n) is 2.74. The van der Waals surface area contributed by atoms with Crippen LogP contribution in [-0.4, -0.2) is 6.54 Å². The molecule has 7 heavy (non-hydrogen) atoms. The van der Waals surface area contributed by atoms with Gasteiger partial charge in [-0.2, -0.15) is 0 Å². The van der Waals surface area contributed by atoms with Crippen LogP contribution in [-0.2, 0) is 0 Å². The van der Waals surface area contributed by atoms with Gasteiger partial charge in [-0.15, -0.1) is 0 Å². The highest BCUT2D eigenvalue weighted by atomic mass is 15.0. The lowest BCUT2D eigenvalue weighted by atomic mass is 9.65. The minimum atomic E-state index is 0.708. The van der Waals surface area contributed by atoms with E-state index in [-0.39, 0.29) is 0 Å². The normalized spacial score (nSPS) is 34.3. The molecule has 0 amide bonds. The third-order valence-electron chi connectivity index (χ3n) is 2.21. The van der Waals surface area contributed by atoms with Gasteiger partial charge in [-0.3, -0.25) is 0 Å². The third-order valence-corrected chi connectivity index (χ3v) is 2.21. The molecule has 0 unspecified atom stereocenters. The molecule has 2 rings (SSSR count). The van der Waals surface area contributed by atoms with Gasteiger partial charge in [0.2, 0.25) is 0 Å². The molecule has 0 aromatic heterocycles. The van der Waals surface area contributed by atoms with Gasteiger partial charge in [0.15, 0.2) is 0 Å². The maximum absolute atomic E-state index is 3.18. The third kappa shape index (κ3) is 0.367. The van der Waals surface area contributed by atoms with Crippen molar-refractivity contribution in [3.05, 3.63) is 6.54 Å². The second kappa shape index (κ2) is 1.03. The summed E-state index contributed by atoms with van der Waals surface area (Å²) in [4.78, 5) is 0. The Balaban J connectivity index is 2.00. The monoisotopic (exact) mass is 96.1 g/mol. The first kappa shape index (κ1) is 3.90. The Hall–Kier alpha value is -0.0400. The first-order valence-corrected chi connectivity index (χ1v) is 2.99. The Morgan fingerprint density at radius 3 is 2.14 bits per heavy atom. The molecule has 1 spiro atoms. The van der Waals surface area contributed by atoms with Crippen molar-refractivity contribution in [2.45, 2.75) is 19.3 Å². The number of hydrogen-bond donors (Lipinski definition) is 1. The molecule has 1 radical (unpaired) electrons. The fourth-order valence-corrected chi connectivity index (χ4v) is 1.34. The lowest BCUT2D eigenvalue weighted by Gasteiger charge is -2.49. The van der Waals surface area contributed by atoms with E-state index in [2.05, 4.69) is 11.9 Å². The summed E-state index contributed by atoms with van der Waals surface area (Å²) in [5, 5.41) is 3.18. The second-order valence-corrected chi connectivity index (χ2v) is 2.74. The van der Waals surface area contributed by atoms with Crippen molar-refractivity contribution < 1.29 is 0 Å². The fourth-order valence-electron chi connectivity index (χ4n) is 1.34. The zero-order valence-electron chi connectivity index (χ0n) is 4.41. The first-order valence-electron chi connectivity index (χ1n) is 2.99. The Labute approximate surface area is 44.1 Å². The molecule has 39 valence electrons. The van der Waals surface area contributed by atoms with Gasteiger partial charge in [-0.1, -0.05) is 6.42 Å². The standard InChI is InChI=1S/C6H10N/c1-2-6(3-1)4-7-5-6/h4,7H,1-3,5H2. The topological polar surface area (TPSA) is 12.0 Å². The van der Waals surface area contributed by atoms with Gasteiger partial charge in [0.05, 0.1) is 0 Å². The van der Waals surface area contributed by atoms with Gasteiger partial charge in [0.25, 0.3) is 0 Å². The molecule has 1 aliphatic carbocycles. The summed E-state index contributed by atoms with van der Waals surface area (Å²) in [5.74, 6) is 0. The summed E-state index contributed by atoms with van der Waals surface area (Å²) in [5.41, 5.74) is 0.708. The van der Waals surface area contributed by atoms with Crippen molar-refractivity contribution in [1.82, 2.24) is 5.32 Å². The largest absolute Gasteiger partial charge is 0.311 e. The molecular formula is C6H10N. The van der Waals surface area contributed by atoms with Gasteiger partial charge >= 0.3 is 0 Å². The minimum absolute atomic E-state index is 0.708. The van der Waals surface area contributed by atoms with E-state index in [1.54, 1.807) is 0 Å². The molecule has 1 heterocycles. The Kier molecular flexibility index (Phi) is 0.571. The van der Waals surface area contributed by atoms with E-state index in [1.165, 1.54) is 25.8 Å². The highest BCUT2D eigenvalue weighted by Crippen LogP contribution is 2.46. The Morgan fingerprint density at radius 1 is 1.43 bits per heavy atom. The van der Waals surface area contributed by atoms with Crippen LogP contribution in [0, 0.1) is 12.0 Å². The van der Waals surface area contributed by atoms with Crippen LogP contribution in [0.2, 0.25) is 0 Å². The van der Waals surface area contributed by atoms with Crippen molar-refractivity contribution in [2.75, 3.05) is 6.54 Å². The summed E-state index contributed by atoms with van der Waals surface area (Å²) in [6, 6.07) is 0. The molecule has 0 aromatic carbocycles. The predicted octanol–water partition coefficient (Wildman–Crippen LogP) is 0.922. The lowest BCUT2D eigenvalue weighted by molar-refractivity contribution is 0.106. The quantitative estimate of drug-likeness (QED) is 0.473. The molecule has 1 heteroatoms. The average Bonchev–Trinajstić information content (AvgIpc) is 1.20. The molecule has 1 nitrogen and oxygen atoms in total. The predicted molar refractivity (Wildman–Crippen MR) is 28.6 cm³/mol. The average molecular weight is 96.2 g/mol. The Morgan fingerprint density at radius 2 is 2.14 bits per heavy atom. The van der Waals surface area contributed by atoms with E-state index in [4.69, 9.17) is 0 Å². The maximum atomic E-state index is 3.18. The highest BCUT2D eigenvalue weighted by Gasteiger charge is 2.42. The molecule has 1 saturated heterocycles. The van der Waals surface area contributed by atoms with Crippen LogP contribution in [0.3, 0.4) is 0 Å². The van der Waals surface area contributed by atoms with Crippen LogP contribution >= 0.6 is 0 Å². The molecule has 0 aromatic rings. The van der Waals surface area contributed by atoms with Crippen molar-refractivity contribution in [3.63, 3.8) is 0 Å². The molecule has 0 bridgehead atoms. The van der Waals surface area contributed by atoms with Crippen molar-refractivity contribution in [3.8, 4) is 0 Å². The van der Waals surface area contributed by atoms with E-state index in [0.717, 1.165) is 0 Å². The Bertz CT molecular complexity index is 64.7. The zero-order chi connectivity index (χ0) is 4.74. The fraction of sp³-hybridized carbons (Fsp3) is 0.833. The lowest BCUT2D eigenvalue weighted by Crippen LogP contribution is -2.52. The summed E-state index contributed by atoms with van der Waals surface area (Å²) in [7, 11) is 0. The molecule has 2 aliphatic rings. The van der Waals surface area contributed by atoms with Crippen LogP contribution in [0.5, 0.6) is 0 Å². The molecular weight excluding hydrogens is 86.1 g/mol. The van der Waals surface area contributed by atoms with Crippen LogP contribution < -0.4 is 5.32 Å². The van der Waals surface area contributed by atoms with E-state index >= 15 is 0 Å². The molecule has 1 aliphatic heterocycles. The van der Waals surface area contributed by atoms with E-state index < -0.39 is 0 Å². The minimum Gasteiger partial charge on any atom is -0.311 e. The van der Waals surface area contributed by atoms with E-state index in [9.17, 15) is 0 Å². The van der Waals surface area contributed by atoms with Crippen LogP contribution in [0.25, 0.3) is 0 Å². The van der Waals surface area contributed by atoms with Crippen LogP contribution in [0.4, 0.5) is 0 Å². The smallest absolute Gasteiger partial charge is 0.0295 e. The molecule has 0 atom stereocenters.